The number of anilines is 3. The van der Waals surface area contributed by atoms with Gasteiger partial charge in [-0.15, -0.1) is 0 Å². The molecule has 9 heteroatoms. The van der Waals surface area contributed by atoms with Crippen LogP contribution in [0.2, 0.25) is 0 Å². The molecule has 3 aromatic rings. The second kappa shape index (κ2) is 9.40. The highest BCUT2D eigenvalue weighted by Gasteiger charge is 2.26. The van der Waals surface area contributed by atoms with Crippen LogP contribution in [-0.2, 0) is 4.79 Å². The van der Waals surface area contributed by atoms with Crippen molar-refractivity contribution < 1.29 is 9.59 Å². The monoisotopic (exact) mass is 461 g/mol. The number of hydrogen-bond acceptors (Lipinski definition) is 7. The summed E-state index contributed by atoms with van der Waals surface area (Å²) in [5, 5.41) is 4.08. The zero-order valence-electron chi connectivity index (χ0n) is 19.8. The van der Waals surface area contributed by atoms with E-state index < -0.39 is 0 Å². The van der Waals surface area contributed by atoms with Crippen LogP contribution in [0.15, 0.2) is 30.6 Å². The molecule has 3 aromatic heterocycles. The van der Waals surface area contributed by atoms with Crippen molar-refractivity contribution in [3.05, 3.63) is 36.3 Å². The molecule has 2 fully saturated rings. The number of pyridine rings is 1. The Morgan fingerprint density at radius 2 is 1.85 bits per heavy atom. The summed E-state index contributed by atoms with van der Waals surface area (Å²) >= 11 is 0. The quantitative estimate of drug-likeness (QED) is 0.558. The number of piperidine rings is 1. The number of nitrogens with zero attached hydrogens (tertiary/aromatic N) is 6. The van der Waals surface area contributed by atoms with Crippen LogP contribution in [0, 0.1) is 5.92 Å². The van der Waals surface area contributed by atoms with Crippen molar-refractivity contribution in [1.82, 2.24) is 24.4 Å². The molecule has 0 unspecified atom stereocenters. The zero-order valence-corrected chi connectivity index (χ0v) is 19.8. The van der Waals surface area contributed by atoms with Gasteiger partial charge in [0.15, 0.2) is 0 Å². The molecular formula is C25H31N7O2. The summed E-state index contributed by atoms with van der Waals surface area (Å²) in [5.74, 6) is 1.28. The SMILES string of the molecule is CN(C)C(=O)c1cc2cnc(Nc3ccc(N4CCC(C=O)CC4)cn3)nc2n1C1CCCC1. The maximum Gasteiger partial charge on any atom is 0.270 e. The van der Waals surface area contributed by atoms with Gasteiger partial charge in [-0.05, 0) is 43.9 Å². The molecular weight excluding hydrogens is 430 g/mol. The van der Waals surface area contributed by atoms with Crippen LogP contribution in [0.4, 0.5) is 17.5 Å². The Balaban J connectivity index is 1.38. The van der Waals surface area contributed by atoms with Gasteiger partial charge in [0.05, 0.1) is 11.9 Å². The predicted molar refractivity (Wildman–Crippen MR) is 132 cm³/mol. The molecule has 178 valence electrons. The summed E-state index contributed by atoms with van der Waals surface area (Å²) in [6.07, 6.45) is 10.9. The van der Waals surface area contributed by atoms with Crippen LogP contribution in [0.25, 0.3) is 11.0 Å². The lowest BCUT2D eigenvalue weighted by atomic mass is 9.98. The third-order valence-electron chi connectivity index (χ3n) is 6.98. The summed E-state index contributed by atoms with van der Waals surface area (Å²) in [7, 11) is 3.55. The number of fused-ring (bicyclic) bond motifs is 1. The number of nitrogens with one attached hydrogen (secondary N) is 1. The van der Waals surface area contributed by atoms with Gasteiger partial charge < -0.3 is 24.5 Å². The number of aldehydes is 1. The molecule has 1 saturated carbocycles. The summed E-state index contributed by atoms with van der Waals surface area (Å²) < 4.78 is 2.11. The molecule has 1 aliphatic heterocycles. The lowest BCUT2D eigenvalue weighted by Gasteiger charge is -2.31. The molecule has 0 spiro atoms. The molecule has 0 bridgehead atoms. The van der Waals surface area contributed by atoms with E-state index in [0.29, 0.717) is 17.5 Å². The Hall–Kier alpha value is -3.49. The average molecular weight is 462 g/mol. The highest BCUT2D eigenvalue weighted by molar-refractivity contribution is 5.97. The van der Waals surface area contributed by atoms with E-state index in [1.807, 2.05) is 24.4 Å². The van der Waals surface area contributed by atoms with Gasteiger partial charge in [0.25, 0.3) is 5.91 Å². The fourth-order valence-corrected chi connectivity index (χ4v) is 5.05. The van der Waals surface area contributed by atoms with Crippen LogP contribution in [0.1, 0.15) is 55.1 Å². The van der Waals surface area contributed by atoms with Crippen molar-refractivity contribution in [3.8, 4) is 0 Å². The summed E-state index contributed by atoms with van der Waals surface area (Å²) in [6, 6.07) is 6.14. The van der Waals surface area contributed by atoms with Crippen LogP contribution in [0.3, 0.4) is 0 Å². The minimum atomic E-state index is -0.0196. The Morgan fingerprint density at radius 1 is 1.09 bits per heavy atom. The van der Waals surface area contributed by atoms with Crippen molar-refractivity contribution in [2.24, 2.45) is 5.92 Å². The van der Waals surface area contributed by atoms with E-state index in [1.165, 1.54) is 12.8 Å². The predicted octanol–water partition coefficient (Wildman–Crippen LogP) is 3.80. The third kappa shape index (κ3) is 4.34. The first-order valence-electron chi connectivity index (χ1n) is 12.1. The molecule has 2 aliphatic rings. The molecule has 1 aliphatic carbocycles. The number of carbonyl (C=O) groups excluding carboxylic acids is 2. The van der Waals surface area contributed by atoms with E-state index in [0.717, 1.165) is 61.8 Å². The van der Waals surface area contributed by atoms with Gasteiger partial charge in [-0.3, -0.25) is 4.79 Å². The highest BCUT2D eigenvalue weighted by atomic mass is 16.2. The van der Waals surface area contributed by atoms with Crippen LogP contribution >= 0.6 is 0 Å². The Labute approximate surface area is 199 Å². The maximum absolute atomic E-state index is 12.9. The lowest BCUT2D eigenvalue weighted by molar-refractivity contribution is -0.111. The summed E-state index contributed by atoms with van der Waals surface area (Å²) in [6.45, 7) is 1.73. The standard InChI is InChI=1S/C25H31N7O2/c1-30(2)24(34)21-13-18-14-27-25(29-23(18)32(21)19-5-3-4-6-19)28-22-8-7-20(15-26-22)31-11-9-17(16-33)10-12-31/h7-8,13-17,19H,3-6,9-12H2,1-2H3,(H,26,27,28,29). The number of aromatic nitrogens is 4. The van der Waals surface area contributed by atoms with E-state index in [1.54, 1.807) is 25.2 Å². The van der Waals surface area contributed by atoms with Gasteiger partial charge in [0.1, 0.15) is 23.4 Å². The Bertz CT molecular complexity index is 1170. The zero-order chi connectivity index (χ0) is 23.7. The largest absolute Gasteiger partial charge is 0.370 e. The molecule has 1 amide bonds. The second-order valence-electron chi connectivity index (χ2n) is 9.50. The van der Waals surface area contributed by atoms with Gasteiger partial charge in [-0.25, -0.2) is 9.97 Å². The molecule has 4 heterocycles. The number of carbonyl (C=O) groups is 2. The topological polar surface area (TPSA) is 96.2 Å². The van der Waals surface area contributed by atoms with Gasteiger partial charge in [0.2, 0.25) is 5.95 Å². The molecule has 1 saturated heterocycles. The van der Waals surface area contributed by atoms with Crippen LogP contribution in [0.5, 0.6) is 0 Å². The number of rotatable bonds is 6. The van der Waals surface area contributed by atoms with Crippen LogP contribution < -0.4 is 10.2 Å². The molecule has 34 heavy (non-hydrogen) atoms. The van der Waals surface area contributed by atoms with E-state index in [2.05, 4.69) is 24.8 Å². The second-order valence-corrected chi connectivity index (χ2v) is 9.50. The van der Waals surface area contributed by atoms with Gasteiger partial charge in [-0.2, -0.15) is 4.98 Å². The minimum Gasteiger partial charge on any atom is -0.370 e. The Morgan fingerprint density at radius 3 is 2.50 bits per heavy atom. The number of amides is 1. The minimum absolute atomic E-state index is 0.0196. The summed E-state index contributed by atoms with van der Waals surface area (Å²) in [5.41, 5.74) is 2.50. The van der Waals surface area contributed by atoms with Gasteiger partial charge in [-0.1, -0.05) is 12.8 Å². The first-order chi connectivity index (χ1) is 16.5. The van der Waals surface area contributed by atoms with Crippen molar-refractivity contribution in [1.29, 1.82) is 0 Å². The van der Waals surface area contributed by atoms with Crippen molar-refractivity contribution in [2.75, 3.05) is 37.4 Å². The fraction of sp³-hybridized carbons (Fsp3) is 0.480. The van der Waals surface area contributed by atoms with Crippen molar-refractivity contribution in [2.45, 2.75) is 44.6 Å². The maximum atomic E-state index is 12.9. The van der Waals surface area contributed by atoms with E-state index in [4.69, 9.17) is 4.98 Å². The molecule has 5 rings (SSSR count). The molecule has 0 atom stereocenters. The normalized spacial score (nSPS) is 17.3. The molecule has 0 radical (unpaired) electrons. The van der Waals surface area contributed by atoms with Gasteiger partial charge >= 0.3 is 0 Å². The van der Waals surface area contributed by atoms with E-state index in [-0.39, 0.29) is 17.9 Å². The first kappa shape index (κ1) is 22.3. The van der Waals surface area contributed by atoms with E-state index >= 15 is 0 Å². The molecule has 1 N–H and O–H groups in total. The van der Waals surface area contributed by atoms with Crippen molar-refractivity contribution >= 4 is 40.7 Å². The summed E-state index contributed by atoms with van der Waals surface area (Å²) in [4.78, 5) is 41.6. The highest BCUT2D eigenvalue weighted by Crippen LogP contribution is 2.35. The fourth-order valence-electron chi connectivity index (χ4n) is 5.05. The first-order valence-corrected chi connectivity index (χ1v) is 12.1. The molecule has 9 nitrogen and oxygen atoms in total. The van der Waals surface area contributed by atoms with Gasteiger partial charge in [0, 0.05) is 50.7 Å². The number of hydrogen-bond donors (Lipinski definition) is 1. The van der Waals surface area contributed by atoms with E-state index in [9.17, 15) is 9.59 Å². The third-order valence-corrected chi connectivity index (χ3v) is 6.98. The Kier molecular flexibility index (Phi) is 6.17. The average Bonchev–Trinajstić information content (AvgIpc) is 3.51. The molecule has 0 aromatic carbocycles. The lowest BCUT2D eigenvalue weighted by Crippen LogP contribution is -2.34. The van der Waals surface area contributed by atoms with Crippen molar-refractivity contribution in [3.63, 3.8) is 0 Å². The smallest absolute Gasteiger partial charge is 0.270 e. The van der Waals surface area contributed by atoms with Crippen LogP contribution in [-0.4, -0.2) is 63.8 Å².